The number of carbonyl (C=O) groups is 2. The summed E-state index contributed by atoms with van der Waals surface area (Å²) in [4.78, 5) is 51.4. The van der Waals surface area contributed by atoms with E-state index in [2.05, 4.69) is 10.3 Å². The Labute approximate surface area is 252 Å². The van der Waals surface area contributed by atoms with Gasteiger partial charge >= 0.3 is 6.09 Å². The predicted molar refractivity (Wildman–Crippen MR) is 168 cm³/mol. The molecular weight excluding hydrogens is 542 g/mol. The highest BCUT2D eigenvalue weighted by molar-refractivity contribution is 5.94. The van der Waals surface area contributed by atoms with Crippen LogP contribution in [0, 0.1) is 12.8 Å². The minimum atomic E-state index is -0.611. The van der Waals surface area contributed by atoms with Gasteiger partial charge in [-0.2, -0.15) is 0 Å². The van der Waals surface area contributed by atoms with Gasteiger partial charge in [0.2, 0.25) is 0 Å². The van der Waals surface area contributed by atoms with Crippen LogP contribution in [0.5, 0.6) is 0 Å². The third-order valence-electron chi connectivity index (χ3n) is 7.00. The molecule has 4 aromatic rings. The average Bonchev–Trinajstić information content (AvgIpc) is 2.96. The van der Waals surface area contributed by atoms with Gasteiger partial charge in [0.15, 0.2) is 0 Å². The molecule has 2 aromatic carbocycles. The lowest BCUT2D eigenvalue weighted by atomic mass is 9.98. The van der Waals surface area contributed by atoms with Crippen LogP contribution in [0.25, 0.3) is 10.9 Å². The Balaban J connectivity index is 1.77. The van der Waals surface area contributed by atoms with Crippen LogP contribution in [0.4, 0.5) is 4.79 Å². The van der Waals surface area contributed by atoms with E-state index < -0.39 is 17.7 Å². The normalized spacial score (nSPS) is 12.3. The number of hydrogen-bond acceptors (Lipinski definition) is 6. The first kappa shape index (κ1) is 31.4. The second-order valence-corrected chi connectivity index (χ2v) is 12.1. The van der Waals surface area contributed by atoms with E-state index in [9.17, 15) is 14.4 Å². The summed E-state index contributed by atoms with van der Waals surface area (Å²) < 4.78 is 7.04. The van der Waals surface area contributed by atoms with Crippen molar-refractivity contribution in [3.05, 3.63) is 106 Å². The highest BCUT2D eigenvalue weighted by Crippen LogP contribution is 2.30. The van der Waals surface area contributed by atoms with E-state index in [0.29, 0.717) is 48.3 Å². The van der Waals surface area contributed by atoms with E-state index in [1.807, 2.05) is 96.1 Å². The Morgan fingerprint density at radius 3 is 2.37 bits per heavy atom. The summed E-state index contributed by atoms with van der Waals surface area (Å²) >= 11 is 0. The minimum absolute atomic E-state index is 0.0959. The maximum atomic E-state index is 14.2. The Morgan fingerprint density at radius 1 is 1.02 bits per heavy atom. The molecule has 2 amide bonds. The van der Waals surface area contributed by atoms with Gasteiger partial charge < -0.3 is 15.0 Å². The van der Waals surface area contributed by atoms with Gasteiger partial charge in [0, 0.05) is 31.0 Å². The number of aryl methyl sites for hydroxylation is 1. The van der Waals surface area contributed by atoms with Crippen LogP contribution in [0.3, 0.4) is 0 Å². The zero-order valence-corrected chi connectivity index (χ0v) is 25.8. The highest BCUT2D eigenvalue weighted by atomic mass is 16.6. The lowest BCUT2D eigenvalue weighted by molar-refractivity contribution is 0.0519. The molecule has 2 heterocycles. The van der Waals surface area contributed by atoms with Crippen molar-refractivity contribution in [2.24, 2.45) is 5.92 Å². The number of aromatic nitrogens is 3. The van der Waals surface area contributed by atoms with Gasteiger partial charge in [0.05, 0.1) is 23.5 Å². The van der Waals surface area contributed by atoms with Crippen LogP contribution in [0.1, 0.15) is 74.4 Å². The highest BCUT2D eigenvalue weighted by Gasteiger charge is 2.33. The zero-order valence-electron chi connectivity index (χ0n) is 25.8. The van der Waals surface area contributed by atoms with Crippen molar-refractivity contribution in [3.8, 4) is 0 Å². The second-order valence-electron chi connectivity index (χ2n) is 12.1. The molecule has 1 N–H and O–H groups in total. The third-order valence-corrected chi connectivity index (χ3v) is 7.00. The summed E-state index contributed by atoms with van der Waals surface area (Å²) in [5.41, 5.74) is 2.23. The molecule has 4 rings (SSSR count). The molecule has 1 atom stereocenters. The van der Waals surface area contributed by atoms with Crippen molar-refractivity contribution >= 4 is 22.9 Å². The van der Waals surface area contributed by atoms with Crippen molar-refractivity contribution in [2.75, 3.05) is 13.1 Å². The fourth-order valence-electron chi connectivity index (χ4n) is 5.01. The summed E-state index contributed by atoms with van der Waals surface area (Å²) in [5.74, 6) is 0.232. The average molecular weight is 584 g/mol. The van der Waals surface area contributed by atoms with E-state index in [0.717, 1.165) is 11.1 Å². The van der Waals surface area contributed by atoms with Gasteiger partial charge in [0.1, 0.15) is 11.4 Å². The van der Waals surface area contributed by atoms with Crippen molar-refractivity contribution < 1.29 is 14.3 Å². The molecule has 0 bridgehead atoms. The van der Waals surface area contributed by atoms with E-state index in [1.54, 1.807) is 21.7 Å². The van der Waals surface area contributed by atoms with Crippen molar-refractivity contribution in [1.82, 2.24) is 24.8 Å². The first-order valence-corrected chi connectivity index (χ1v) is 14.7. The van der Waals surface area contributed by atoms with Crippen LogP contribution in [0.2, 0.25) is 0 Å². The fourth-order valence-corrected chi connectivity index (χ4v) is 5.01. The Morgan fingerprint density at radius 2 is 1.72 bits per heavy atom. The molecule has 0 saturated heterocycles. The van der Waals surface area contributed by atoms with Gasteiger partial charge in [0.25, 0.3) is 11.5 Å². The molecule has 0 fully saturated rings. The first-order chi connectivity index (χ1) is 20.4. The molecule has 0 aliphatic carbocycles. The van der Waals surface area contributed by atoms with Crippen molar-refractivity contribution in [2.45, 2.75) is 66.2 Å². The van der Waals surface area contributed by atoms with Crippen LogP contribution in [-0.4, -0.2) is 50.1 Å². The molecule has 9 nitrogen and oxygen atoms in total. The van der Waals surface area contributed by atoms with Crippen LogP contribution < -0.4 is 10.9 Å². The number of ether oxygens (including phenoxy) is 1. The molecule has 0 aliphatic rings. The molecule has 0 aliphatic heterocycles. The number of amides is 2. The summed E-state index contributed by atoms with van der Waals surface area (Å²) in [7, 11) is 0. The van der Waals surface area contributed by atoms with Crippen molar-refractivity contribution in [3.63, 3.8) is 0 Å². The number of pyridine rings is 1. The maximum absolute atomic E-state index is 14.2. The summed E-state index contributed by atoms with van der Waals surface area (Å²) in [6.07, 6.45) is 3.12. The summed E-state index contributed by atoms with van der Waals surface area (Å²) in [6.45, 7) is 12.4. The standard InChI is InChI=1S/C34H41N5O4/c1-23(2)29(30-37-28-17-19-35-21-27(28)32(41)39(30)22-25-11-8-7-9-12-25)38(31(40)26-15-13-24(3)14-16-26)20-10-18-36-33(42)43-34(4,5)6/h7-9,11-17,19,21,23,29H,10,18,20,22H2,1-6H3,(H,36,42). The lowest BCUT2D eigenvalue weighted by Gasteiger charge is -2.35. The minimum Gasteiger partial charge on any atom is -0.444 e. The monoisotopic (exact) mass is 583 g/mol. The number of benzene rings is 2. The Bertz CT molecular complexity index is 1610. The quantitative estimate of drug-likeness (QED) is 0.233. The summed E-state index contributed by atoms with van der Waals surface area (Å²) in [6, 6.07) is 18.4. The van der Waals surface area contributed by atoms with Crippen LogP contribution >= 0.6 is 0 Å². The number of nitrogens with one attached hydrogen (secondary N) is 1. The molecule has 43 heavy (non-hydrogen) atoms. The summed E-state index contributed by atoms with van der Waals surface area (Å²) in [5, 5.41) is 3.21. The number of fused-ring (bicyclic) bond motifs is 1. The number of nitrogens with zero attached hydrogens (tertiary/aromatic N) is 4. The molecular formula is C34H41N5O4. The second kappa shape index (κ2) is 13.6. The van der Waals surface area contributed by atoms with E-state index in [4.69, 9.17) is 9.72 Å². The lowest BCUT2D eigenvalue weighted by Crippen LogP contribution is -2.43. The molecule has 0 spiro atoms. The van der Waals surface area contributed by atoms with Crippen LogP contribution in [-0.2, 0) is 11.3 Å². The first-order valence-electron chi connectivity index (χ1n) is 14.7. The zero-order chi connectivity index (χ0) is 31.1. The van der Waals surface area contributed by atoms with Gasteiger partial charge in [-0.15, -0.1) is 0 Å². The Hall–Kier alpha value is -4.53. The molecule has 9 heteroatoms. The fraction of sp³-hybridized carbons (Fsp3) is 0.382. The van der Waals surface area contributed by atoms with Crippen LogP contribution in [0.15, 0.2) is 77.9 Å². The topological polar surface area (TPSA) is 106 Å². The van der Waals surface area contributed by atoms with Gasteiger partial charge in [-0.3, -0.25) is 19.1 Å². The van der Waals surface area contributed by atoms with E-state index >= 15 is 0 Å². The molecule has 0 saturated carbocycles. The smallest absolute Gasteiger partial charge is 0.407 e. The molecule has 1 unspecified atom stereocenters. The number of hydrogen-bond donors (Lipinski definition) is 1. The van der Waals surface area contributed by atoms with Gasteiger partial charge in [-0.1, -0.05) is 61.9 Å². The predicted octanol–water partition coefficient (Wildman–Crippen LogP) is 5.90. The van der Waals surface area contributed by atoms with Gasteiger partial charge in [-0.25, -0.2) is 9.78 Å². The maximum Gasteiger partial charge on any atom is 0.407 e. The number of alkyl carbamates (subject to hydrolysis) is 1. The molecule has 0 radical (unpaired) electrons. The van der Waals surface area contributed by atoms with Gasteiger partial charge in [-0.05, 0) is 63.8 Å². The SMILES string of the molecule is Cc1ccc(C(=O)N(CCCNC(=O)OC(C)(C)C)C(c2nc3ccncc3c(=O)n2Cc2ccccc2)C(C)C)cc1. The number of rotatable bonds is 10. The van der Waals surface area contributed by atoms with E-state index in [1.165, 1.54) is 6.20 Å². The van der Waals surface area contributed by atoms with E-state index in [-0.39, 0.29) is 17.4 Å². The number of carbonyl (C=O) groups excluding carboxylic acids is 2. The van der Waals surface area contributed by atoms with Crippen molar-refractivity contribution in [1.29, 1.82) is 0 Å². The third kappa shape index (κ3) is 8.06. The Kier molecular flexibility index (Phi) is 9.95. The molecule has 2 aromatic heterocycles. The largest absolute Gasteiger partial charge is 0.444 e. The molecule has 226 valence electrons.